The molecular formula is C16H15F2N3O4S. The standard InChI is InChI=1S/C16H15F2N3O4S/c1-3-4-25-14-10(17)5-9(6-11(14)18)8-19-21-16-20-15(23)12(26-16)7-13(22)24-2/h5-8H,3-4H2,1-2H3,(H,20,21,23)/b12-7+,19-8?. The second-order valence-electron chi connectivity index (χ2n) is 4.90. The van der Waals surface area contributed by atoms with Crippen LogP contribution in [0.3, 0.4) is 0 Å². The maximum Gasteiger partial charge on any atom is 0.331 e. The van der Waals surface area contributed by atoms with Crippen molar-refractivity contribution in [1.29, 1.82) is 0 Å². The highest BCUT2D eigenvalue weighted by atomic mass is 32.2. The Labute approximate surface area is 152 Å². The van der Waals surface area contributed by atoms with Gasteiger partial charge in [0.2, 0.25) is 0 Å². The van der Waals surface area contributed by atoms with Crippen LogP contribution in [0.1, 0.15) is 18.9 Å². The Hall–Kier alpha value is -2.75. The van der Waals surface area contributed by atoms with Crippen molar-refractivity contribution in [3.63, 3.8) is 0 Å². The maximum atomic E-state index is 13.8. The zero-order valence-corrected chi connectivity index (χ0v) is 14.7. The molecule has 1 N–H and O–H groups in total. The number of nitrogens with zero attached hydrogens (tertiary/aromatic N) is 2. The van der Waals surface area contributed by atoms with Crippen LogP contribution in [-0.4, -0.2) is 37.0 Å². The van der Waals surface area contributed by atoms with Crippen molar-refractivity contribution in [2.45, 2.75) is 13.3 Å². The molecule has 1 saturated heterocycles. The van der Waals surface area contributed by atoms with Crippen molar-refractivity contribution in [2.24, 2.45) is 10.2 Å². The molecule has 1 amide bonds. The molecule has 1 aromatic carbocycles. The summed E-state index contributed by atoms with van der Waals surface area (Å²) < 4.78 is 37.1. The third kappa shape index (κ3) is 5.12. The minimum absolute atomic E-state index is 0.0975. The molecule has 0 aliphatic carbocycles. The lowest BCUT2D eigenvalue weighted by atomic mass is 10.2. The van der Waals surface area contributed by atoms with E-state index in [0.29, 0.717) is 6.42 Å². The van der Waals surface area contributed by atoms with Crippen molar-refractivity contribution in [3.05, 3.63) is 40.3 Å². The van der Waals surface area contributed by atoms with Crippen molar-refractivity contribution in [1.82, 2.24) is 5.32 Å². The molecule has 0 spiro atoms. The fourth-order valence-corrected chi connectivity index (χ4v) is 2.52. The van der Waals surface area contributed by atoms with Crippen LogP contribution in [0, 0.1) is 11.6 Å². The first-order chi connectivity index (χ1) is 12.4. The number of amides is 1. The number of thioether (sulfide) groups is 1. The zero-order valence-electron chi connectivity index (χ0n) is 13.9. The lowest BCUT2D eigenvalue weighted by molar-refractivity contribution is -0.135. The van der Waals surface area contributed by atoms with Crippen molar-refractivity contribution in [2.75, 3.05) is 13.7 Å². The Bertz CT molecular complexity index is 786. The number of amidine groups is 1. The van der Waals surface area contributed by atoms with Gasteiger partial charge in [-0.3, -0.25) is 10.1 Å². The van der Waals surface area contributed by atoms with Gasteiger partial charge in [0.25, 0.3) is 5.91 Å². The van der Waals surface area contributed by atoms with E-state index in [4.69, 9.17) is 4.74 Å². The van der Waals surface area contributed by atoms with Gasteiger partial charge in [-0.05, 0) is 30.3 Å². The molecule has 0 aromatic heterocycles. The van der Waals surface area contributed by atoms with Crippen LogP contribution in [0.2, 0.25) is 0 Å². The third-order valence-corrected chi connectivity index (χ3v) is 3.83. The van der Waals surface area contributed by atoms with Gasteiger partial charge in [-0.1, -0.05) is 6.92 Å². The average Bonchev–Trinajstić information content (AvgIpc) is 2.93. The van der Waals surface area contributed by atoms with Gasteiger partial charge in [0.1, 0.15) is 0 Å². The molecule has 1 aliphatic heterocycles. The number of esters is 1. The number of carbonyl (C=O) groups is 2. The van der Waals surface area contributed by atoms with Gasteiger partial charge in [0.15, 0.2) is 22.6 Å². The Morgan fingerprint density at radius 3 is 2.65 bits per heavy atom. The lowest BCUT2D eigenvalue weighted by Crippen LogP contribution is -2.19. The molecule has 138 valence electrons. The fourth-order valence-electron chi connectivity index (χ4n) is 1.79. The summed E-state index contributed by atoms with van der Waals surface area (Å²) in [7, 11) is 1.19. The summed E-state index contributed by atoms with van der Waals surface area (Å²) in [4.78, 5) is 22.9. The number of rotatable bonds is 6. The van der Waals surface area contributed by atoms with Crippen LogP contribution in [0.15, 0.2) is 33.3 Å². The van der Waals surface area contributed by atoms with Gasteiger partial charge < -0.3 is 9.47 Å². The van der Waals surface area contributed by atoms with Crippen molar-refractivity contribution in [3.8, 4) is 5.75 Å². The Kier molecular flexibility index (Phi) is 6.84. The van der Waals surface area contributed by atoms with E-state index in [0.717, 1.165) is 36.2 Å². The van der Waals surface area contributed by atoms with E-state index in [2.05, 4.69) is 20.3 Å². The number of nitrogens with one attached hydrogen (secondary N) is 1. The van der Waals surface area contributed by atoms with Gasteiger partial charge >= 0.3 is 5.97 Å². The fraction of sp³-hybridized carbons (Fsp3) is 0.250. The normalized spacial score (nSPS) is 17.2. The summed E-state index contributed by atoms with van der Waals surface area (Å²) in [6.07, 6.45) is 2.76. The largest absolute Gasteiger partial charge is 0.488 e. The molecule has 0 saturated carbocycles. The molecule has 1 heterocycles. The zero-order chi connectivity index (χ0) is 19.1. The molecule has 0 unspecified atom stereocenters. The summed E-state index contributed by atoms with van der Waals surface area (Å²) in [5.74, 6) is -3.34. The third-order valence-electron chi connectivity index (χ3n) is 2.93. The van der Waals surface area contributed by atoms with E-state index in [1.807, 2.05) is 6.92 Å². The quantitative estimate of drug-likeness (QED) is 0.353. The summed E-state index contributed by atoms with van der Waals surface area (Å²) >= 11 is 0.883. The van der Waals surface area contributed by atoms with Gasteiger partial charge in [-0.2, -0.15) is 5.10 Å². The Morgan fingerprint density at radius 2 is 2.04 bits per heavy atom. The topological polar surface area (TPSA) is 89.4 Å². The van der Waals surface area contributed by atoms with Crippen LogP contribution in [0.5, 0.6) is 5.75 Å². The summed E-state index contributed by atoms with van der Waals surface area (Å²) in [5, 5.41) is 9.91. The minimum atomic E-state index is -0.848. The Morgan fingerprint density at radius 1 is 1.35 bits per heavy atom. The number of benzene rings is 1. The molecule has 0 radical (unpaired) electrons. The maximum absolute atomic E-state index is 13.8. The molecule has 7 nitrogen and oxygen atoms in total. The number of ether oxygens (including phenoxy) is 2. The van der Waals surface area contributed by atoms with Crippen LogP contribution in [-0.2, 0) is 14.3 Å². The van der Waals surface area contributed by atoms with E-state index in [-0.39, 0.29) is 22.2 Å². The monoisotopic (exact) mass is 383 g/mol. The highest BCUT2D eigenvalue weighted by Gasteiger charge is 2.25. The van der Waals surface area contributed by atoms with E-state index in [1.54, 1.807) is 0 Å². The number of halogens is 2. The lowest BCUT2D eigenvalue weighted by Gasteiger charge is -2.07. The van der Waals surface area contributed by atoms with Crippen LogP contribution in [0.25, 0.3) is 0 Å². The molecule has 1 fully saturated rings. The summed E-state index contributed by atoms with van der Waals surface area (Å²) in [6, 6.07) is 2.11. The van der Waals surface area contributed by atoms with Gasteiger partial charge in [-0.15, -0.1) is 5.10 Å². The number of carbonyl (C=O) groups excluding carboxylic acids is 2. The molecule has 0 atom stereocenters. The first kappa shape index (κ1) is 19.6. The molecular weight excluding hydrogens is 368 g/mol. The SMILES string of the molecule is CCCOc1c(F)cc(C=N/N=C2/NC(=O)/C(=C\C(=O)OC)S2)cc1F. The van der Waals surface area contributed by atoms with Crippen molar-refractivity contribution >= 4 is 35.0 Å². The number of methoxy groups -OCH3 is 1. The van der Waals surface area contributed by atoms with E-state index in [1.165, 1.54) is 7.11 Å². The Balaban J connectivity index is 2.09. The second kappa shape index (κ2) is 9.09. The highest BCUT2D eigenvalue weighted by molar-refractivity contribution is 8.18. The number of hydrogen-bond donors (Lipinski definition) is 1. The first-order valence-corrected chi connectivity index (χ1v) is 8.28. The smallest absolute Gasteiger partial charge is 0.331 e. The molecule has 26 heavy (non-hydrogen) atoms. The predicted octanol–water partition coefficient (Wildman–Crippen LogP) is 2.36. The van der Waals surface area contributed by atoms with Crippen LogP contribution in [0.4, 0.5) is 8.78 Å². The van der Waals surface area contributed by atoms with E-state index >= 15 is 0 Å². The predicted molar refractivity (Wildman–Crippen MR) is 93.0 cm³/mol. The average molecular weight is 383 g/mol. The van der Waals surface area contributed by atoms with Crippen LogP contribution < -0.4 is 10.1 Å². The highest BCUT2D eigenvalue weighted by Crippen LogP contribution is 2.24. The molecule has 0 bridgehead atoms. The van der Waals surface area contributed by atoms with Gasteiger partial charge in [0.05, 0.1) is 24.8 Å². The summed E-state index contributed by atoms with van der Waals surface area (Å²) in [6.45, 7) is 2.02. The summed E-state index contributed by atoms with van der Waals surface area (Å²) in [5.41, 5.74) is 0.132. The van der Waals surface area contributed by atoms with Gasteiger partial charge in [-0.25, -0.2) is 13.6 Å². The molecule has 1 aliphatic rings. The first-order valence-electron chi connectivity index (χ1n) is 7.46. The second-order valence-corrected chi connectivity index (χ2v) is 5.93. The van der Waals surface area contributed by atoms with Crippen molar-refractivity contribution < 1.29 is 27.8 Å². The molecule has 10 heteroatoms. The minimum Gasteiger partial charge on any atom is -0.488 e. The van der Waals surface area contributed by atoms with Crippen LogP contribution >= 0.6 is 11.8 Å². The number of hydrogen-bond acceptors (Lipinski definition) is 7. The van der Waals surface area contributed by atoms with E-state index < -0.39 is 29.3 Å². The molecule has 1 aromatic rings. The molecule has 2 rings (SSSR count). The van der Waals surface area contributed by atoms with Gasteiger partial charge in [0, 0.05) is 11.6 Å². The van der Waals surface area contributed by atoms with E-state index in [9.17, 15) is 18.4 Å².